The molecule has 136 valence electrons. The average Bonchev–Trinajstić information content (AvgIpc) is 2.52. The first-order chi connectivity index (χ1) is 11.0. The van der Waals surface area contributed by atoms with Gasteiger partial charge in [0.25, 0.3) is 0 Å². The summed E-state index contributed by atoms with van der Waals surface area (Å²) in [6.45, 7) is 3.58. The van der Waals surface area contributed by atoms with Crippen LogP contribution in [0.2, 0.25) is 5.02 Å². The minimum absolute atomic E-state index is 0. The van der Waals surface area contributed by atoms with Gasteiger partial charge in [0.05, 0.1) is 12.7 Å². The van der Waals surface area contributed by atoms with Gasteiger partial charge in [-0.2, -0.15) is 0 Å². The standard InChI is InChI=1S/C16H24ClFN4O.HI/c1-19-16(20-9-12-10-21(2)7-8-23-12)22(3)11-13-14(17)5-4-6-15(13)18;/h4-6,12H,7-11H2,1-3H3,(H,19,20);1H. The fourth-order valence-corrected chi connectivity index (χ4v) is 2.80. The van der Waals surface area contributed by atoms with Gasteiger partial charge in [-0.15, -0.1) is 24.0 Å². The summed E-state index contributed by atoms with van der Waals surface area (Å²) in [7, 11) is 5.64. The Morgan fingerprint density at radius 2 is 2.29 bits per heavy atom. The molecule has 1 saturated heterocycles. The molecule has 1 aliphatic rings. The Morgan fingerprint density at radius 1 is 1.54 bits per heavy atom. The number of rotatable bonds is 4. The number of aliphatic imine (C=N–C) groups is 1. The predicted molar refractivity (Wildman–Crippen MR) is 107 cm³/mol. The van der Waals surface area contributed by atoms with Crippen molar-refractivity contribution < 1.29 is 9.13 Å². The Morgan fingerprint density at radius 3 is 2.92 bits per heavy atom. The van der Waals surface area contributed by atoms with E-state index in [9.17, 15) is 4.39 Å². The third-order valence-electron chi connectivity index (χ3n) is 3.86. The maximum absolute atomic E-state index is 13.9. The smallest absolute Gasteiger partial charge is 0.193 e. The molecule has 0 bridgehead atoms. The van der Waals surface area contributed by atoms with Crippen molar-refractivity contribution >= 4 is 41.5 Å². The van der Waals surface area contributed by atoms with Gasteiger partial charge in [0.1, 0.15) is 5.82 Å². The zero-order valence-corrected chi connectivity index (χ0v) is 17.3. The molecule has 1 aliphatic heterocycles. The third-order valence-corrected chi connectivity index (χ3v) is 4.21. The zero-order chi connectivity index (χ0) is 16.8. The molecule has 1 atom stereocenters. The van der Waals surface area contributed by atoms with Gasteiger partial charge in [-0.25, -0.2) is 4.39 Å². The van der Waals surface area contributed by atoms with Gasteiger partial charge in [0.15, 0.2) is 5.96 Å². The first kappa shape index (κ1) is 21.4. The number of ether oxygens (including phenoxy) is 1. The van der Waals surface area contributed by atoms with E-state index in [1.54, 1.807) is 19.2 Å². The molecular formula is C16H25ClFIN4O. The maximum atomic E-state index is 13.9. The summed E-state index contributed by atoms with van der Waals surface area (Å²) in [5.74, 6) is 0.373. The van der Waals surface area contributed by atoms with Crippen LogP contribution in [0.5, 0.6) is 0 Å². The molecule has 1 aromatic rings. The van der Waals surface area contributed by atoms with Crippen molar-refractivity contribution in [2.45, 2.75) is 12.6 Å². The van der Waals surface area contributed by atoms with Crippen LogP contribution in [0.4, 0.5) is 4.39 Å². The lowest BCUT2D eigenvalue weighted by atomic mass is 10.2. The van der Waals surface area contributed by atoms with E-state index in [1.165, 1.54) is 6.07 Å². The predicted octanol–water partition coefficient (Wildman–Crippen LogP) is 2.43. The van der Waals surface area contributed by atoms with Crippen molar-refractivity contribution in [3.05, 3.63) is 34.6 Å². The van der Waals surface area contributed by atoms with Crippen molar-refractivity contribution in [2.24, 2.45) is 4.99 Å². The Balaban J connectivity index is 0.00000288. The van der Waals surface area contributed by atoms with Crippen LogP contribution in [0.3, 0.4) is 0 Å². The Kier molecular flexibility index (Phi) is 9.25. The van der Waals surface area contributed by atoms with Crippen LogP contribution in [0.25, 0.3) is 0 Å². The van der Waals surface area contributed by atoms with Gasteiger partial charge >= 0.3 is 0 Å². The second-order valence-electron chi connectivity index (χ2n) is 5.74. The zero-order valence-electron chi connectivity index (χ0n) is 14.3. The molecule has 2 rings (SSSR count). The molecule has 1 N–H and O–H groups in total. The number of nitrogens with zero attached hydrogens (tertiary/aromatic N) is 3. The SMILES string of the molecule is CN=C(NCC1CN(C)CCO1)N(C)Cc1c(F)cccc1Cl.I. The Hall–Kier alpha value is -0.640. The highest BCUT2D eigenvalue weighted by Crippen LogP contribution is 2.20. The molecule has 0 amide bonds. The largest absolute Gasteiger partial charge is 0.374 e. The van der Waals surface area contributed by atoms with Crippen molar-refractivity contribution in [3.63, 3.8) is 0 Å². The van der Waals surface area contributed by atoms with Gasteiger partial charge in [-0.05, 0) is 19.2 Å². The van der Waals surface area contributed by atoms with Crippen LogP contribution in [-0.2, 0) is 11.3 Å². The molecule has 0 saturated carbocycles. The van der Waals surface area contributed by atoms with Crippen LogP contribution in [0.15, 0.2) is 23.2 Å². The second-order valence-corrected chi connectivity index (χ2v) is 6.15. The van der Waals surface area contributed by atoms with Crippen LogP contribution in [0.1, 0.15) is 5.56 Å². The highest BCUT2D eigenvalue weighted by Gasteiger charge is 2.19. The highest BCUT2D eigenvalue weighted by atomic mass is 127. The van der Waals surface area contributed by atoms with Crippen molar-refractivity contribution in [1.82, 2.24) is 15.1 Å². The highest BCUT2D eigenvalue weighted by molar-refractivity contribution is 14.0. The van der Waals surface area contributed by atoms with Gasteiger partial charge in [0.2, 0.25) is 0 Å². The summed E-state index contributed by atoms with van der Waals surface area (Å²) in [6.07, 6.45) is 0.121. The van der Waals surface area contributed by atoms with Crippen LogP contribution >= 0.6 is 35.6 Å². The number of morpholine rings is 1. The second kappa shape index (κ2) is 10.4. The average molecular weight is 471 g/mol. The molecule has 1 heterocycles. The van der Waals surface area contributed by atoms with Crippen LogP contribution < -0.4 is 5.32 Å². The number of likely N-dealkylation sites (N-methyl/N-ethyl adjacent to an activating group) is 1. The summed E-state index contributed by atoms with van der Waals surface area (Å²) in [5, 5.41) is 3.70. The van der Waals surface area contributed by atoms with Crippen molar-refractivity contribution in [2.75, 3.05) is 47.4 Å². The van der Waals surface area contributed by atoms with Crippen LogP contribution in [0, 0.1) is 5.82 Å². The van der Waals surface area contributed by atoms with E-state index in [0.29, 0.717) is 29.6 Å². The van der Waals surface area contributed by atoms with E-state index in [2.05, 4.69) is 22.3 Å². The van der Waals surface area contributed by atoms with E-state index in [0.717, 1.165) is 19.7 Å². The van der Waals surface area contributed by atoms with E-state index >= 15 is 0 Å². The molecule has 0 radical (unpaired) electrons. The molecule has 0 aliphatic carbocycles. The minimum atomic E-state index is -0.308. The molecule has 1 aromatic carbocycles. The monoisotopic (exact) mass is 470 g/mol. The quantitative estimate of drug-likeness (QED) is 0.417. The molecule has 1 unspecified atom stereocenters. The Bertz CT molecular complexity index is 541. The van der Waals surface area contributed by atoms with E-state index in [-0.39, 0.29) is 35.9 Å². The molecule has 8 heteroatoms. The molecule has 5 nitrogen and oxygen atoms in total. The first-order valence-electron chi connectivity index (χ1n) is 7.66. The number of guanidine groups is 1. The van der Waals surface area contributed by atoms with Gasteiger partial charge in [-0.3, -0.25) is 4.99 Å². The summed E-state index contributed by atoms with van der Waals surface area (Å²) >= 11 is 6.08. The molecule has 0 aromatic heterocycles. The number of benzene rings is 1. The molecule has 0 spiro atoms. The summed E-state index contributed by atoms with van der Waals surface area (Å²) < 4.78 is 19.6. The fourth-order valence-electron chi connectivity index (χ4n) is 2.58. The summed E-state index contributed by atoms with van der Waals surface area (Å²) in [5.41, 5.74) is 0.466. The Labute approximate surface area is 165 Å². The van der Waals surface area contributed by atoms with E-state index in [1.807, 2.05) is 11.9 Å². The number of hydrogen-bond donors (Lipinski definition) is 1. The van der Waals surface area contributed by atoms with Crippen LogP contribution in [-0.4, -0.2) is 69.2 Å². The normalized spacial score (nSPS) is 18.9. The minimum Gasteiger partial charge on any atom is -0.374 e. The van der Waals surface area contributed by atoms with Gasteiger partial charge in [0, 0.05) is 50.9 Å². The third kappa shape index (κ3) is 6.02. The molecule has 24 heavy (non-hydrogen) atoms. The van der Waals surface area contributed by atoms with Gasteiger partial charge in [-0.1, -0.05) is 17.7 Å². The van der Waals surface area contributed by atoms with Gasteiger partial charge < -0.3 is 19.9 Å². The number of nitrogens with one attached hydrogen (secondary N) is 1. The molecular weight excluding hydrogens is 446 g/mol. The summed E-state index contributed by atoms with van der Waals surface area (Å²) in [4.78, 5) is 8.33. The van der Waals surface area contributed by atoms with Crippen molar-refractivity contribution in [3.8, 4) is 0 Å². The fraction of sp³-hybridized carbons (Fsp3) is 0.562. The van der Waals surface area contributed by atoms with E-state index in [4.69, 9.17) is 16.3 Å². The van der Waals surface area contributed by atoms with Crippen molar-refractivity contribution in [1.29, 1.82) is 0 Å². The molecule has 1 fully saturated rings. The number of hydrogen-bond acceptors (Lipinski definition) is 3. The lowest BCUT2D eigenvalue weighted by Gasteiger charge is -2.31. The first-order valence-corrected chi connectivity index (χ1v) is 8.04. The maximum Gasteiger partial charge on any atom is 0.193 e. The lowest BCUT2D eigenvalue weighted by molar-refractivity contribution is -0.0163. The topological polar surface area (TPSA) is 40.1 Å². The van der Waals surface area contributed by atoms with E-state index < -0.39 is 0 Å². The summed E-state index contributed by atoms with van der Waals surface area (Å²) in [6, 6.07) is 4.71. The lowest BCUT2D eigenvalue weighted by Crippen LogP contribution is -2.48. The number of halogens is 3.